The summed E-state index contributed by atoms with van der Waals surface area (Å²) < 4.78 is 43.4. The molecular weight excluding hydrogens is 479 g/mol. The minimum atomic E-state index is -4.60. The van der Waals surface area contributed by atoms with Crippen molar-refractivity contribution in [2.24, 2.45) is 7.05 Å². The van der Waals surface area contributed by atoms with E-state index in [1.165, 1.54) is 42.5 Å². The van der Waals surface area contributed by atoms with Crippen LogP contribution in [0.1, 0.15) is 16.8 Å². The Kier molecular flexibility index (Phi) is 6.17. The van der Waals surface area contributed by atoms with Gasteiger partial charge in [-0.15, -0.1) is 11.8 Å². The molecule has 0 radical (unpaired) electrons. The molecule has 0 N–H and O–H groups in total. The van der Waals surface area contributed by atoms with Crippen LogP contribution in [-0.4, -0.2) is 25.2 Å². The minimum absolute atomic E-state index is 0.0222. The third-order valence-corrected chi connectivity index (χ3v) is 6.24. The summed E-state index contributed by atoms with van der Waals surface area (Å²) in [7, 11) is 1.27. The maximum atomic E-state index is 13.3. The van der Waals surface area contributed by atoms with Gasteiger partial charge in [-0.3, -0.25) is 13.9 Å². The lowest BCUT2D eigenvalue weighted by Crippen LogP contribution is -2.39. The third kappa shape index (κ3) is 4.28. The number of rotatable bonds is 4. The molecule has 0 aliphatic carbocycles. The fourth-order valence-corrected chi connectivity index (χ4v) is 4.29. The number of nitrogens with zero attached hydrogens (tertiary/aromatic N) is 5. The van der Waals surface area contributed by atoms with Crippen LogP contribution in [0.2, 0.25) is 0 Å². The van der Waals surface area contributed by atoms with E-state index in [4.69, 9.17) is 0 Å². The summed E-state index contributed by atoms with van der Waals surface area (Å²) in [4.78, 5) is 26.8. The van der Waals surface area contributed by atoms with E-state index in [1.807, 2.05) is 0 Å². The molecule has 0 aliphatic heterocycles. The second kappa shape index (κ2) is 8.96. The Morgan fingerprint density at radius 1 is 1.06 bits per heavy atom. The molecule has 2 heterocycles. The fourth-order valence-electron chi connectivity index (χ4n) is 3.74. The summed E-state index contributed by atoms with van der Waals surface area (Å²) >= 11 is 1.32. The van der Waals surface area contributed by atoms with Gasteiger partial charge in [0.05, 0.1) is 39.0 Å². The van der Waals surface area contributed by atoms with Crippen LogP contribution < -0.4 is 11.2 Å². The highest BCUT2D eigenvalue weighted by Gasteiger charge is 2.31. The Morgan fingerprint density at radius 3 is 2.40 bits per heavy atom. The van der Waals surface area contributed by atoms with E-state index in [-0.39, 0.29) is 22.6 Å². The summed E-state index contributed by atoms with van der Waals surface area (Å²) in [5.41, 5.74) is -0.799. The Hall–Kier alpha value is -4.04. The zero-order valence-corrected chi connectivity index (χ0v) is 19.6. The van der Waals surface area contributed by atoms with Crippen molar-refractivity contribution in [3.8, 4) is 28.7 Å². The number of nitriles is 1. The normalized spacial score (nSPS) is 11.5. The first-order valence-electron chi connectivity index (χ1n) is 10.2. The van der Waals surface area contributed by atoms with E-state index >= 15 is 0 Å². The van der Waals surface area contributed by atoms with Crippen LogP contribution in [-0.2, 0) is 13.2 Å². The molecule has 0 spiro atoms. The molecule has 0 fully saturated rings. The monoisotopic (exact) mass is 497 g/mol. The van der Waals surface area contributed by atoms with Gasteiger partial charge in [0, 0.05) is 18.9 Å². The maximum Gasteiger partial charge on any atom is 0.416 e. The van der Waals surface area contributed by atoms with Crippen molar-refractivity contribution < 1.29 is 13.2 Å². The lowest BCUT2D eigenvalue weighted by Gasteiger charge is -2.16. The number of alkyl halides is 3. The van der Waals surface area contributed by atoms with Crippen molar-refractivity contribution in [2.75, 3.05) is 6.26 Å². The van der Waals surface area contributed by atoms with E-state index in [9.17, 15) is 28.0 Å². The fraction of sp³-hybridized carbons (Fsp3) is 0.167. The Morgan fingerprint density at radius 2 is 1.74 bits per heavy atom. The van der Waals surface area contributed by atoms with Crippen LogP contribution in [0.3, 0.4) is 0 Å². The molecule has 0 bridgehead atoms. The van der Waals surface area contributed by atoms with E-state index in [1.54, 1.807) is 36.7 Å². The molecule has 4 rings (SSSR count). The first-order valence-corrected chi connectivity index (χ1v) is 11.4. The van der Waals surface area contributed by atoms with Crippen LogP contribution in [0.5, 0.6) is 0 Å². The smallest absolute Gasteiger partial charge is 0.268 e. The summed E-state index contributed by atoms with van der Waals surface area (Å²) in [6, 6.07) is 13.1. The zero-order valence-electron chi connectivity index (χ0n) is 18.8. The van der Waals surface area contributed by atoms with E-state index in [2.05, 4.69) is 11.2 Å². The highest BCUT2D eigenvalue weighted by molar-refractivity contribution is 7.98. The molecule has 11 heteroatoms. The molecule has 7 nitrogen and oxygen atoms in total. The molecule has 0 amide bonds. The number of hydrogen-bond donors (Lipinski definition) is 0. The summed E-state index contributed by atoms with van der Waals surface area (Å²) in [6.07, 6.45) is -1.12. The van der Waals surface area contributed by atoms with Crippen LogP contribution in [0, 0.1) is 18.3 Å². The first-order chi connectivity index (χ1) is 16.6. The minimum Gasteiger partial charge on any atom is -0.268 e. The number of thioether (sulfide) groups is 1. The summed E-state index contributed by atoms with van der Waals surface area (Å²) in [6.45, 7) is 1.50. The summed E-state index contributed by atoms with van der Waals surface area (Å²) in [5.74, 6) is 0. The number of benzene rings is 2. The van der Waals surface area contributed by atoms with Gasteiger partial charge < -0.3 is 0 Å². The van der Waals surface area contributed by atoms with E-state index in [0.29, 0.717) is 16.1 Å². The number of halogens is 3. The molecule has 35 heavy (non-hydrogen) atoms. The predicted octanol–water partition coefficient (Wildman–Crippen LogP) is 4.31. The Balaban J connectivity index is 1.99. The van der Waals surface area contributed by atoms with Gasteiger partial charge in [0.2, 0.25) is 0 Å². The van der Waals surface area contributed by atoms with E-state index in [0.717, 1.165) is 21.3 Å². The molecule has 0 atom stereocenters. The van der Waals surface area contributed by atoms with Crippen LogP contribution in [0.15, 0.2) is 69.2 Å². The lowest BCUT2D eigenvalue weighted by molar-refractivity contribution is -0.137. The lowest BCUT2D eigenvalue weighted by atomic mass is 10.1. The molecular formula is C24H18F3N5O2S. The van der Waals surface area contributed by atoms with Crippen molar-refractivity contribution in [1.29, 1.82) is 5.26 Å². The highest BCUT2D eigenvalue weighted by atomic mass is 32.2. The van der Waals surface area contributed by atoms with Crippen molar-refractivity contribution in [1.82, 2.24) is 18.9 Å². The molecule has 4 aromatic rings. The van der Waals surface area contributed by atoms with Crippen molar-refractivity contribution >= 4 is 11.8 Å². The van der Waals surface area contributed by atoms with Gasteiger partial charge in [-0.2, -0.15) is 23.5 Å². The van der Waals surface area contributed by atoms with Gasteiger partial charge in [0.15, 0.2) is 0 Å². The third-order valence-electron chi connectivity index (χ3n) is 5.50. The topological polar surface area (TPSA) is 85.6 Å². The SMILES string of the molecule is CSc1cn(-c2cccc(C#N)c2)nc1-c1c(C)n(-c2cccc(C(F)(F)F)c2)c(=O)n(C)c1=O. The average molecular weight is 498 g/mol. The molecule has 0 unspecified atom stereocenters. The largest absolute Gasteiger partial charge is 0.416 e. The maximum absolute atomic E-state index is 13.3. The van der Waals surface area contributed by atoms with Crippen LogP contribution >= 0.6 is 11.8 Å². The predicted molar refractivity (Wildman–Crippen MR) is 126 cm³/mol. The first kappa shape index (κ1) is 24.1. The van der Waals surface area contributed by atoms with Crippen LogP contribution in [0.25, 0.3) is 22.6 Å². The van der Waals surface area contributed by atoms with Crippen molar-refractivity contribution in [3.05, 3.63) is 92.4 Å². The number of aromatic nitrogens is 4. The van der Waals surface area contributed by atoms with Gasteiger partial charge in [0.1, 0.15) is 5.69 Å². The average Bonchev–Trinajstić information content (AvgIpc) is 3.26. The Bertz CT molecular complexity index is 1610. The van der Waals surface area contributed by atoms with Gasteiger partial charge in [-0.05, 0) is 49.6 Å². The van der Waals surface area contributed by atoms with Crippen molar-refractivity contribution in [2.45, 2.75) is 18.0 Å². The summed E-state index contributed by atoms with van der Waals surface area (Å²) in [5, 5.41) is 13.8. The van der Waals surface area contributed by atoms with Gasteiger partial charge in [-0.25, -0.2) is 9.48 Å². The molecule has 2 aromatic heterocycles. The van der Waals surface area contributed by atoms with Gasteiger partial charge in [-0.1, -0.05) is 12.1 Å². The second-order valence-electron chi connectivity index (χ2n) is 7.64. The number of hydrogen-bond acceptors (Lipinski definition) is 5. The molecule has 0 saturated carbocycles. The van der Waals surface area contributed by atoms with Crippen LogP contribution in [0.4, 0.5) is 13.2 Å². The van der Waals surface area contributed by atoms with E-state index < -0.39 is 23.0 Å². The zero-order chi connectivity index (χ0) is 25.5. The highest BCUT2D eigenvalue weighted by Crippen LogP contribution is 2.32. The van der Waals surface area contributed by atoms with Gasteiger partial charge >= 0.3 is 11.9 Å². The molecule has 0 aliphatic rings. The van der Waals surface area contributed by atoms with Crippen molar-refractivity contribution in [3.63, 3.8) is 0 Å². The second-order valence-corrected chi connectivity index (χ2v) is 8.49. The Labute approximate surface area is 201 Å². The van der Waals surface area contributed by atoms with Gasteiger partial charge in [0.25, 0.3) is 5.56 Å². The standard InChI is InChI=1S/C24H18F3N5O2S/c1-14-20(21-19(35-3)13-31(29-21)17-8-4-6-15(10-17)12-28)22(33)30(2)23(34)32(14)18-9-5-7-16(11-18)24(25,26)27/h4-11,13H,1-3H3. The molecule has 0 saturated heterocycles. The molecule has 2 aromatic carbocycles. The molecule has 178 valence electrons. The quantitative estimate of drug-likeness (QED) is 0.392.